The van der Waals surface area contributed by atoms with Gasteiger partial charge in [0.1, 0.15) is 29.5 Å². The number of hydrogen-bond donors (Lipinski definition) is 1. The summed E-state index contributed by atoms with van der Waals surface area (Å²) in [6, 6.07) is 12.9. The zero-order valence-corrected chi connectivity index (χ0v) is 19.5. The highest BCUT2D eigenvalue weighted by molar-refractivity contribution is 7.86. The minimum Gasteiger partial charge on any atom is -0.484 e. The van der Waals surface area contributed by atoms with E-state index < -0.39 is 44.9 Å². The van der Waals surface area contributed by atoms with Crippen LogP contribution in [-0.4, -0.2) is 55.6 Å². The lowest BCUT2D eigenvalue weighted by Gasteiger charge is -2.48. The van der Waals surface area contributed by atoms with E-state index >= 15 is 0 Å². The van der Waals surface area contributed by atoms with Crippen LogP contribution in [0, 0.1) is 10.1 Å². The van der Waals surface area contributed by atoms with Gasteiger partial charge in [0.2, 0.25) is 0 Å². The van der Waals surface area contributed by atoms with Gasteiger partial charge >= 0.3 is 5.97 Å². The number of nitro groups is 1. The Labute approximate surface area is 206 Å². The van der Waals surface area contributed by atoms with Crippen molar-refractivity contribution in [2.45, 2.75) is 18.0 Å². The van der Waals surface area contributed by atoms with Gasteiger partial charge in [-0.15, -0.1) is 0 Å². The maximum absolute atomic E-state index is 12.8. The van der Waals surface area contributed by atoms with Gasteiger partial charge in [-0.1, -0.05) is 29.8 Å². The number of amides is 2. The smallest absolute Gasteiger partial charge is 0.356 e. The van der Waals surface area contributed by atoms with E-state index in [-0.39, 0.29) is 35.4 Å². The fourth-order valence-electron chi connectivity index (χ4n) is 3.53. The molecule has 2 aromatic rings. The quantitative estimate of drug-likeness (QED) is 0.239. The van der Waals surface area contributed by atoms with Crippen molar-refractivity contribution in [2.24, 2.45) is 0 Å². The number of para-hydroxylation sites is 1. The van der Waals surface area contributed by atoms with Crippen LogP contribution in [0.15, 0.2) is 65.3 Å². The summed E-state index contributed by atoms with van der Waals surface area (Å²) >= 11 is 6.15. The number of hydrogen-bond acceptors (Lipinski definition) is 8. The number of carbonyl (C=O) groups excluding carboxylic acids is 3. The molecular weight excluding hydrogens is 502 g/mol. The number of ether oxygens (including phenoxy) is 2. The number of esters is 1. The summed E-state index contributed by atoms with van der Waals surface area (Å²) in [7, 11) is -1.66. The Kier molecular flexibility index (Phi) is 7.12. The second-order valence-electron chi connectivity index (χ2n) is 7.52. The highest BCUT2D eigenvalue weighted by Gasteiger charge is 2.57. The lowest BCUT2D eigenvalue weighted by molar-refractivity contribution is -0.384. The number of fused-ring (bicyclic) bond motifs is 1. The van der Waals surface area contributed by atoms with Crippen molar-refractivity contribution in [3.63, 3.8) is 0 Å². The number of halogens is 1. The molecule has 1 N–H and O–H groups in total. The fourth-order valence-corrected chi connectivity index (χ4v) is 5.51. The molecule has 2 unspecified atom stereocenters. The zero-order chi connectivity index (χ0) is 25.1. The van der Waals surface area contributed by atoms with Crippen molar-refractivity contribution >= 4 is 45.9 Å². The third-order valence-corrected chi connectivity index (χ3v) is 7.29. The summed E-state index contributed by atoms with van der Waals surface area (Å²) in [5.41, 5.74) is 0.126. The van der Waals surface area contributed by atoms with E-state index in [1.807, 2.05) is 0 Å². The third-order valence-electron chi connectivity index (χ3n) is 5.22. The molecule has 2 aromatic carbocycles. The van der Waals surface area contributed by atoms with E-state index in [1.54, 1.807) is 30.3 Å². The molecule has 2 heterocycles. The summed E-state index contributed by atoms with van der Waals surface area (Å²) in [4.78, 5) is 48.9. The van der Waals surface area contributed by atoms with E-state index in [9.17, 15) is 28.7 Å². The molecule has 0 bridgehead atoms. The number of nitrogens with zero attached hydrogens (tertiary/aromatic N) is 2. The molecule has 2 aliphatic rings. The Balaban J connectivity index is 1.38. The van der Waals surface area contributed by atoms with Crippen molar-refractivity contribution < 1.29 is 33.0 Å². The van der Waals surface area contributed by atoms with Gasteiger partial charge in [0.15, 0.2) is 6.61 Å². The maximum atomic E-state index is 12.8. The molecule has 0 aromatic heterocycles. The number of benzene rings is 2. The molecule has 35 heavy (non-hydrogen) atoms. The number of nitro benzene ring substituents is 1. The second-order valence-corrected chi connectivity index (χ2v) is 9.51. The first-order valence-corrected chi connectivity index (χ1v) is 12.0. The summed E-state index contributed by atoms with van der Waals surface area (Å²) in [5, 5.41) is 12.2. The number of nitrogens with one attached hydrogen (secondary N) is 1. The predicted molar refractivity (Wildman–Crippen MR) is 123 cm³/mol. The lowest BCUT2D eigenvalue weighted by atomic mass is 10.1. The minimum atomic E-state index is -1.66. The van der Waals surface area contributed by atoms with Crippen LogP contribution >= 0.6 is 11.6 Å². The minimum absolute atomic E-state index is 0.0983. The van der Waals surface area contributed by atoms with Gasteiger partial charge in [-0.3, -0.25) is 28.8 Å². The van der Waals surface area contributed by atoms with Crippen molar-refractivity contribution in [3.8, 4) is 5.75 Å². The monoisotopic (exact) mass is 519 g/mol. The molecule has 0 radical (unpaired) electrons. The zero-order valence-electron chi connectivity index (χ0n) is 17.9. The molecule has 0 saturated carbocycles. The normalized spacial score (nSPS) is 21.0. The first-order valence-electron chi connectivity index (χ1n) is 10.2. The molecule has 4 rings (SSSR count). The fraction of sp³-hybridized carbons (Fsp3) is 0.227. The van der Waals surface area contributed by atoms with Crippen LogP contribution in [0.4, 0.5) is 5.69 Å². The third kappa shape index (κ3) is 5.17. The molecular formula is C22H18ClN3O8S. The number of non-ortho nitro benzene ring substituents is 1. The van der Waals surface area contributed by atoms with Gasteiger partial charge in [0.05, 0.1) is 26.5 Å². The Hall–Kier alpha value is -3.77. The van der Waals surface area contributed by atoms with Crippen molar-refractivity contribution in [1.29, 1.82) is 0 Å². The van der Waals surface area contributed by atoms with Gasteiger partial charge in [0.25, 0.3) is 17.5 Å². The molecule has 1 saturated heterocycles. The van der Waals surface area contributed by atoms with E-state index in [1.165, 1.54) is 24.3 Å². The van der Waals surface area contributed by atoms with Crippen LogP contribution in [0.5, 0.6) is 5.75 Å². The van der Waals surface area contributed by atoms with Gasteiger partial charge in [-0.05, 0) is 29.8 Å². The van der Waals surface area contributed by atoms with Gasteiger partial charge in [-0.25, -0.2) is 4.79 Å². The summed E-state index contributed by atoms with van der Waals surface area (Å²) in [6.45, 7) is -0.578. The van der Waals surface area contributed by atoms with Crippen molar-refractivity contribution in [1.82, 2.24) is 10.2 Å². The highest BCUT2D eigenvalue weighted by Crippen LogP contribution is 2.36. The van der Waals surface area contributed by atoms with Crippen LogP contribution in [0.1, 0.15) is 5.56 Å². The van der Waals surface area contributed by atoms with Gasteiger partial charge < -0.3 is 14.8 Å². The van der Waals surface area contributed by atoms with Gasteiger partial charge in [0, 0.05) is 12.1 Å². The number of rotatable bonds is 8. The molecule has 2 amide bonds. The Morgan fingerprint density at radius 3 is 2.51 bits per heavy atom. The SMILES string of the molecule is O=C(COc1ccccc1)NC1C(=O)N2C(C(=O)OCc3ccc([N+](=O)[O-])cc3)=C(Cl)CS(=O)[C@H]12. The maximum Gasteiger partial charge on any atom is 0.356 e. The molecule has 13 heteroatoms. The molecule has 1 fully saturated rings. The second kappa shape index (κ2) is 10.2. The van der Waals surface area contributed by atoms with Crippen molar-refractivity contribution in [2.75, 3.05) is 12.4 Å². The lowest BCUT2D eigenvalue weighted by Crippen LogP contribution is -2.73. The first kappa shape index (κ1) is 24.4. The average Bonchev–Trinajstić information content (AvgIpc) is 2.85. The number of carbonyl (C=O) groups is 3. The van der Waals surface area contributed by atoms with E-state index in [2.05, 4.69) is 5.32 Å². The molecule has 0 spiro atoms. The number of β-lactam (4-membered cyclic amide) rings is 1. The Bertz CT molecular complexity index is 1240. The van der Waals surface area contributed by atoms with Gasteiger partial charge in [-0.2, -0.15) is 0 Å². The van der Waals surface area contributed by atoms with Crippen LogP contribution < -0.4 is 10.1 Å². The molecule has 182 valence electrons. The van der Waals surface area contributed by atoms with Crippen molar-refractivity contribution in [3.05, 3.63) is 81.0 Å². The standard InChI is InChI=1S/C22H18ClN3O8S/c23-16-12-35(32)21-18(24-17(27)11-33-15-4-2-1-3-5-15)20(28)25(21)19(16)22(29)34-10-13-6-8-14(9-7-13)26(30)31/h1-9,18,21H,10-12H2,(H,24,27)/t18?,21-,35?/m1/s1. The molecule has 2 aliphatic heterocycles. The Morgan fingerprint density at radius 1 is 1.17 bits per heavy atom. The summed E-state index contributed by atoms with van der Waals surface area (Å²) in [5.74, 6) is -1.88. The molecule has 11 nitrogen and oxygen atoms in total. The van der Waals surface area contributed by atoms with E-state index in [0.29, 0.717) is 11.3 Å². The summed E-state index contributed by atoms with van der Waals surface area (Å²) in [6.07, 6.45) is 0. The molecule has 3 atom stereocenters. The topological polar surface area (TPSA) is 145 Å². The van der Waals surface area contributed by atoms with Crippen LogP contribution in [0.3, 0.4) is 0 Å². The highest BCUT2D eigenvalue weighted by atomic mass is 35.5. The Morgan fingerprint density at radius 2 is 1.86 bits per heavy atom. The van der Waals surface area contributed by atoms with E-state index in [0.717, 1.165) is 4.90 Å². The average molecular weight is 520 g/mol. The predicted octanol–water partition coefficient (Wildman–Crippen LogP) is 1.58. The van der Waals surface area contributed by atoms with E-state index in [4.69, 9.17) is 21.1 Å². The molecule has 0 aliphatic carbocycles. The summed E-state index contributed by atoms with van der Waals surface area (Å²) < 4.78 is 23.2. The van der Waals surface area contributed by atoms with Crippen LogP contribution in [0.25, 0.3) is 0 Å². The van der Waals surface area contributed by atoms with Crippen LogP contribution in [0.2, 0.25) is 0 Å². The largest absolute Gasteiger partial charge is 0.484 e. The first-order chi connectivity index (χ1) is 16.8. The van der Waals surface area contributed by atoms with Crippen LogP contribution in [-0.2, 0) is 36.5 Å².